The Labute approximate surface area is 130 Å². The molecule has 1 saturated carbocycles. The molecule has 0 saturated heterocycles. The molecule has 2 nitrogen and oxygen atoms in total. The SMILES string of the molecule is O=C1CCC[C@H]1c1cn(Cc2ccccc2)c2ccccc12. The molecule has 1 aliphatic rings. The van der Waals surface area contributed by atoms with E-state index in [9.17, 15) is 4.79 Å². The number of nitrogens with zero attached hydrogens (tertiary/aromatic N) is 1. The fourth-order valence-electron chi connectivity index (χ4n) is 3.61. The summed E-state index contributed by atoms with van der Waals surface area (Å²) in [6.07, 6.45) is 4.97. The summed E-state index contributed by atoms with van der Waals surface area (Å²) in [5, 5.41) is 1.23. The molecule has 0 spiro atoms. The fraction of sp³-hybridized carbons (Fsp3) is 0.250. The first-order valence-electron chi connectivity index (χ1n) is 7.97. The summed E-state index contributed by atoms with van der Waals surface area (Å²) in [6.45, 7) is 0.849. The molecule has 2 heteroatoms. The van der Waals surface area contributed by atoms with Crippen LogP contribution in [-0.4, -0.2) is 10.4 Å². The summed E-state index contributed by atoms with van der Waals surface area (Å²) in [7, 11) is 0. The molecule has 3 aromatic rings. The van der Waals surface area contributed by atoms with Gasteiger partial charge in [-0.3, -0.25) is 4.79 Å². The molecule has 0 amide bonds. The van der Waals surface area contributed by atoms with Crippen LogP contribution >= 0.6 is 0 Å². The zero-order chi connectivity index (χ0) is 14.9. The van der Waals surface area contributed by atoms with E-state index in [-0.39, 0.29) is 5.92 Å². The Balaban J connectivity index is 1.80. The van der Waals surface area contributed by atoms with E-state index >= 15 is 0 Å². The molecule has 2 aromatic carbocycles. The van der Waals surface area contributed by atoms with Gasteiger partial charge in [-0.2, -0.15) is 0 Å². The van der Waals surface area contributed by atoms with Crippen LogP contribution < -0.4 is 0 Å². The minimum absolute atomic E-state index is 0.0990. The predicted molar refractivity (Wildman–Crippen MR) is 89.1 cm³/mol. The average molecular weight is 289 g/mol. The molecule has 1 fully saturated rings. The van der Waals surface area contributed by atoms with Crippen LogP contribution in [-0.2, 0) is 11.3 Å². The van der Waals surface area contributed by atoms with Gasteiger partial charge in [0.25, 0.3) is 0 Å². The van der Waals surface area contributed by atoms with Crippen molar-refractivity contribution in [2.75, 3.05) is 0 Å². The van der Waals surface area contributed by atoms with E-state index in [4.69, 9.17) is 0 Å². The number of fused-ring (bicyclic) bond motifs is 1. The molecule has 1 aromatic heterocycles. The number of Topliss-reactive ketones (excluding diaryl/α,β-unsaturated/α-hetero) is 1. The monoisotopic (exact) mass is 289 g/mol. The van der Waals surface area contributed by atoms with E-state index in [2.05, 4.69) is 59.3 Å². The molecule has 0 bridgehead atoms. The summed E-state index contributed by atoms with van der Waals surface area (Å²) in [5.74, 6) is 0.504. The fourth-order valence-corrected chi connectivity index (χ4v) is 3.61. The number of carbonyl (C=O) groups excluding carboxylic acids is 1. The summed E-state index contributed by atoms with van der Waals surface area (Å²) in [5.41, 5.74) is 3.72. The summed E-state index contributed by atoms with van der Waals surface area (Å²) < 4.78 is 2.28. The predicted octanol–water partition coefficient (Wildman–Crippen LogP) is 4.53. The summed E-state index contributed by atoms with van der Waals surface area (Å²) in [6, 6.07) is 18.9. The van der Waals surface area contributed by atoms with E-state index in [1.54, 1.807) is 0 Å². The van der Waals surface area contributed by atoms with Gasteiger partial charge in [0.2, 0.25) is 0 Å². The van der Waals surface area contributed by atoms with Crippen molar-refractivity contribution < 1.29 is 4.79 Å². The highest BCUT2D eigenvalue weighted by atomic mass is 16.1. The number of aromatic nitrogens is 1. The van der Waals surface area contributed by atoms with Crippen LogP contribution in [0.3, 0.4) is 0 Å². The Morgan fingerprint density at radius 3 is 2.55 bits per heavy atom. The number of para-hydroxylation sites is 1. The molecule has 22 heavy (non-hydrogen) atoms. The number of rotatable bonds is 3. The highest BCUT2D eigenvalue weighted by Gasteiger charge is 2.28. The van der Waals surface area contributed by atoms with Crippen molar-refractivity contribution in [3.8, 4) is 0 Å². The van der Waals surface area contributed by atoms with Crippen molar-refractivity contribution >= 4 is 16.7 Å². The first-order chi connectivity index (χ1) is 10.8. The smallest absolute Gasteiger partial charge is 0.140 e. The third-order valence-corrected chi connectivity index (χ3v) is 4.70. The maximum Gasteiger partial charge on any atom is 0.140 e. The van der Waals surface area contributed by atoms with E-state index < -0.39 is 0 Å². The second-order valence-corrected chi connectivity index (χ2v) is 6.13. The van der Waals surface area contributed by atoms with Gasteiger partial charge < -0.3 is 4.57 Å². The highest BCUT2D eigenvalue weighted by Crippen LogP contribution is 2.36. The summed E-state index contributed by atoms with van der Waals surface area (Å²) in [4.78, 5) is 12.2. The third kappa shape index (κ3) is 2.25. The summed E-state index contributed by atoms with van der Waals surface area (Å²) >= 11 is 0. The molecule has 1 atom stereocenters. The standard InChI is InChI=1S/C20H19NO/c22-20-12-6-10-17(20)18-14-21(13-15-7-2-1-3-8-15)19-11-5-4-9-16(18)19/h1-5,7-9,11,14,17H,6,10,12-13H2/t17-/m0/s1. The van der Waals surface area contributed by atoms with E-state index in [0.717, 1.165) is 25.8 Å². The van der Waals surface area contributed by atoms with Gasteiger partial charge in [0.05, 0.1) is 0 Å². The molecule has 0 N–H and O–H groups in total. The highest BCUT2D eigenvalue weighted by molar-refractivity contribution is 5.94. The lowest BCUT2D eigenvalue weighted by atomic mass is 9.96. The van der Waals surface area contributed by atoms with Gasteiger partial charge in [0.15, 0.2) is 0 Å². The van der Waals surface area contributed by atoms with Gasteiger partial charge >= 0.3 is 0 Å². The molecule has 0 aliphatic heterocycles. The van der Waals surface area contributed by atoms with E-state index in [1.165, 1.54) is 22.0 Å². The number of hydrogen-bond acceptors (Lipinski definition) is 1. The Bertz CT molecular complexity index is 816. The number of carbonyl (C=O) groups is 1. The Morgan fingerprint density at radius 1 is 1.00 bits per heavy atom. The lowest BCUT2D eigenvalue weighted by Crippen LogP contribution is -2.03. The van der Waals surface area contributed by atoms with Gasteiger partial charge in [0.1, 0.15) is 5.78 Å². The molecule has 0 radical (unpaired) electrons. The molecule has 110 valence electrons. The first kappa shape index (κ1) is 13.3. The third-order valence-electron chi connectivity index (χ3n) is 4.70. The van der Waals surface area contributed by atoms with Crippen molar-refractivity contribution in [2.45, 2.75) is 31.7 Å². The van der Waals surface area contributed by atoms with Gasteiger partial charge in [-0.15, -0.1) is 0 Å². The molecule has 1 aliphatic carbocycles. The second kappa shape index (κ2) is 5.45. The van der Waals surface area contributed by atoms with Gasteiger partial charge in [-0.25, -0.2) is 0 Å². The van der Waals surface area contributed by atoms with Crippen molar-refractivity contribution in [3.05, 3.63) is 71.9 Å². The zero-order valence-corrected chi connectivity index (χ0v) is 12.5. The van der Waals surface area contributed by atoms with Gasteiger partial charge in [-0.1, -0.05) is 48.5 Å². The molecule has 0 unspecified atom stereocenters. The van der Waals surface area contributed by atoms with Crippen LogP contribution in [0.15, 0.2) is 60.8 Å². The number of benzene rings is 2. The molecular weight excluding hydrogens is 270 g/mol. The minimum atomic E-state index is 0.0990. The van der Waals surface area contributed by atoms with Crippen LogP contribution in [0.2, 0.25) is 0 Å². The number of ketones is 1. The van der Waals surface area contributed by atoms with Crippen molar-refractivity contribution in [3.63, 3.8) is 0 Å². The maximum atomic E-state index is 12.2. The first-order valence-corrected chi connectivity index (χ1v) is 7.97. The molecule has 4 rings (SSSR count). The minimum Gasteiger partial charge on any atom is -0.343 e. The van der Waals surface area contributed by atoms with Crippen LogP contribution in [0.4, 0.5) is 0 Å². The van der Waals surface area contributed by atoms with Gasteiger partial charge in [0, 0.05) is 36.0 Å². The average Bonchev–Trinajstić information content (AvgIpc) is 3.13. The Hall–Kier alpha value is -2.35. The largest absolute Gasteiger partial charge is 0.343 e. The Morgan fingerprint density at radius 2 is 1.77 bits per heavy atom. The maximum absolute atomic E-state index is 12.2. The van der Waals surface area contributed by atoms with Crippen LogP contribution in [0.1, 0.15) is 36.3 Å². The van der Waals surface area contributed by atoms with Gasteiger partial charge in [-0.05, 0) is 30.0 Å². The lowest BCUT2D eigenvalue weighted by Gasteiger charge is -2.06. The van der Waals surface area contributed by atoms with Crippen LogP contribution in [0, 0.1) is 0 Å². The lowest BCUT2D eigenvalue weighted by molar-refractivity contribution is -0.118. The number of hydrogen-bond donors (Lipinski definition) is 0. The molecular formula is C20H19NO. The van der Waals surface area contributed by atoms with Crippen molar-refractivity contribution in [1.29, 1.82) is 0 Å². The van der Waals surface area contributed by atoms with Crippen LogP contribution in [0.25, 0.3) is 10.9 Å². The quantitative estimate of drug-likeness (QED) is 0.694. The Kier molecular flexibility index (Phi) is 3.30. The van der Waals surface area contributed by atoms with E-state index in [1.807, 2.05) is 6.07 Å². The topological polar surface area (TPSA) is 22.0 Å². The van der Waals surface area contributed by atoms with Crippen LogP contribution in [0.5, 0.6) is 0 Å². The second-order valence-electron chi connectivity index (χ2n) is 6.13. The molecule has 1 heterocycles. The normalized spacial score (nSPS) is 18.2. The van der Waals surface area contributed by atoms with E-state index in [0.29, 0.717) is 5.78 Å². The van der Waals surface area contributed by atoms with Crippen molar-refractivity contribution in [1.82, 2.24) is 4.57 Å². The van der Waals surface area contributed by atoms with Crippen molar-refractivity contribution in [2.24, 2.45) is 0 Å². The zero-order valence-electron chi connectivity index (χ0n) is 12.5.